The lowest BCUT2D eigenvalue weighted by atomic mass is 9.89. The van der Waals surface area contributed by atoms with Crippen LogP contribution in [0.3, 0.4) is 0 Å². The molecular weight excluding hydrogens is 226 g/mol. The summed E-state index contributed by atoms with van der Waals surface area (Å²) in [6.07, 6.45) is 5.44. The molecule has 2 N–H and O–H groups in total. The minimum absolute atomic E-state index is 0.422. The van der Waals surface area contributed by atoms with Gasteiger partial charge in [0, 0.05) is 0 Å². The SMILES string of the molecule is CC1CCCC(OCCOc2ccccc2N)C1. The molecule has 1 aliphatic rings. The van der Waals surface area contributed by atoms with Crippen molar-refractivity contribution >= 4 is 5.69 Å². The van der Waals surface area contributed by atoms with Crippen molar-refractivity contribution < 1.29 is 9.47 Å². The largest absolute Gasteiger partial charge is 0.489 e. The first-order valence-corrected chi connectivity index (χ1v) is 6.84. The molecule has 2 unspecified atom stereocenters. The fraction of sp³-hybridized carbons (Fsp3) is 0.600. The van der Waals surface area contributed by atoms with Gasteiger partial charge in [-0.2, -0.15) is 0 Å². The highest BCUT2D eigenvalue weighted by atomic mass is 16.5. The van der Waals surface area contributed by atoms with Crippen molar-refractivity contribution in [3.05, 3.63) is 24.3 Å². The summed E-state index contributed by atoms with van der Waals surface area (Å²) in [6.45, 7) is 3.52. The van der Waals surface area contributed by atoms with Gasteiger partial charge in [0.05, 0.1) is 18.4 Å². The molecule has 0 aliphatic heterocycles. The van der Waals surface area contributed by atoms with E-state index >= 15 is 0 Å². The lowest BCUT2D eigenvalue weighted by molar-refractivity contribution is 0.00206. The molecule has 0 saturated heterocycles. The topological polar surface area (TPSA) is 44.5 Å². The summed E-state index contributed by atoms with van der Waals surface area (Å²) in [5.74, 6) is 1.55. The van der Waals surface area contributed by atoms with Crippen LogP contribution in [-0.2, 0) is 4.74 Å². The van der Waals surface area contributed by atoms with Gasteiger partial charge in [-0.1, -0.05) is 31.9 Å². The first kappa shape index (κ1) is 13.2. The van der Waals surface area contributed by atoms with Crippen LogP contribution in [0.1, 0.15) is 32.6 Å². The van der Waals surface area contributed by atoms with Crippen LogP contribution in [0, 0.1) is 5.92 Å². The molecule has 1 aliphatic carbocycles. The Morgan fingerprint density at radius 1 is 1.22 bits per heavy atom. The van der Waals surface area contributed by atoms with Crippen LogP contribution in [0.4, 0.5) is 5.69 Å². The molecule has 3 nitrogen and oxygen atoms in total. The van der Waals surface area contributed by atoms with E-state index in [2.05, 4.69) is 6.92 Å². The second kappa shape index (κ2) is 6.64. The summed E-state index contributed by atoms with van der Waals surface area (Å²) in [5.41, 5.74) is 6.48. The Hall–Kier alpha value is -1.22. The van der Waals surface area contributed by atoms with E-state index in [-0.39, 0.29) is 0 Å². The molecule has 0 aromatic heterocycles. The third-order valence-corrected chi connectivity index (χ3v) is 3.50. The number of hydrogen-bond acceptors (Lipinski definition) is 3. The molecule has 1 saturated carbocycles. The van der Waals surface area contributed by atoms with Gasteiger partial charge in [-0.3, -0.25) is 0 Å². The van der Waals surface area contributed by atoms with Crippen molar-refractivity contribution in [3.8, 4) is 5.75 Å². The van der Waals surface area contributed by atoms with Crippen LogP contribution in [0.25, 0.3) is 0 Å². The number of ether oxygens (including phenoxy) is 2. The fourth-order valence-corrected chi connectivity index (χ4v) is 2.51. The Kier molecular flexibility index (Phi) is 4.88. The zero-order valence-corrected chi connectivity index (χ0v) is 11.1. The first-order chi connectivity index (χ1) is 8.75. The molecule has 3 heteroatoms. The van der Waals surface area contributed by atoms with E-state index in [9.17, 15) is 0 Å². The molecule has 0 heterocycles. The van der Waals surface area contributed by atoms with E-state index in [0.717, 1.165) is 11.7 Å². The lowest BCUT2D eigenvalue weighted by Gasteiger charge is -2.26. The highest BCUT2D eigenvalue weighted by Gasteiger charge is 2.18. The van der Waals surface area contributed by atoms with Crippen molar-refractivity contribution in [2.24, 2.45) is 5.92 Å². The van der Waals surface area contributed by atoms with Crippen LogP contribution in [0.15, 0.2) is 24.3 Å². The van der Waals surface area contributed by atoms with E-state index in [1.54, 1.807) is 0 Å². The maximum absolute atomic E-state index is 5.85. The van der Waals surface area contributed by atoms with Crippen molar-refractivity contribution in [3.63, 3.8) is 0 Å². The minimum atomic E-state index is 0.422. The molecule has 2 atom stereocenters. The maximum atomic E-state index is 5.85. The number of anilines is 1. The van der Waals surface area contributed by atoms with E-state index in [4.69, 9.17) is 15.2 Å². The van der Waals surface area contributed by atoms with Crippen molar-refractivity contribution in [2.75, 3.05) is 18.9 Å². The number of nitrogen functional groups attached to an aromatic ring is 1. The Morgan fingerprint density at radius 2 is 2.06 bits per heavy atom. The monoisotopic (exact) mass is 249 g/mol. The predicted molar refractivity (Wildman–Crippen MR) is 73.7 cm³/mol. The Morgan fingerprint density at radius 3 is 2.83 bits per heavy atom. The van der Waals surface area contributed by atoms with Crippen LogP contribution in [0.2, 0.25) is 0 Å². The second-order valence-corrected chi connectivity index (χ2v) is 5.15. The molecule has 2 rings (SSSR count). The van der Waals surface area contributed by atoms with Crippen LogP contribution >= 0.6 is 0 Å². The van der Waals surface area contributed by atoms with Crippen LogP contribution in [-0.4, -0.2) is 19.3 Å². The van der Waals surface area contributed by atoms with E-state index < -0.39 is 0 Å². The zero-order valence-electron chi connectivity index (χ0n) is 11.1. The number of benzene rings is 1. The lowest BCUT2D eigenvalue weighted by Crippen LogP contribution is -2.23. The number of hydrogen-bond donors (Lipinski definition) is 1. The van der Waals surface area contributed by atoms with Crippen molar-refractivity contribution in [1.29, 1.82) is 0 Å². The molecule has 1 aromatic carbocycles. The van der Waals surface area contributed by atoms with Gasteiger partial charge >= 0.3 is 0 Å². The quantitative estimate of drug-likeness (QED) is 0.643. The Bertz CT molecular complexity index is 367. The van der Waals surface area contributed by atoms with Gasteiger partial charge in [0.25, 0.3) is 0 Å². The van der Waals surface area contributed by atoms with Crippen molar-refractivity contribution in [1.82, 2.24) is 0 Å². The second-order valence-electron chi connectivity index (χ2n) is 5.15. The molecule has 0 radical (unpaired) electrons. The van der Waals surface area contributed by atoms with E-state index in [1.165, 1.54) is 25.7 Å². The summed E-state index contributed by atoms with van der Waals surface area (Å²) in [4.78, 5) is 0. The van der Waals surface area contributed by atoms with Crippen LogP contribution < -0.4 is 10.5 Å². The average Bonchev–Trinajstić information content (AvgIpc) is 2.37. The van der Waals surface area contributed by atoms with Gasteiger partial charge in [0.15, 0.2) is 0 Å². The summed E-state index contributed by atoms with van der Waals surface area (Å²) >= 11 is 0. The Balaban J connectivity index is 1.65. The molecule has 0 bridgehead atoms. The van der Waals surface area contributed by atoms with Gasteiger partial charge in [-0.15, -0.1) is 0 Å². The number of rotatable bonds is 5. The Labute approximate surface area is 109 Å². The molecule has 0 spiro atoms. The van der Waals surface area contributed by atoms with E-state index in [0.29, 0.717) is 25.0 Å². The summed E-state index contributed by atoms with van der Waals surface area (Å²) < 4.78 is 11.5. The van der Waals surface area contributed by atoms with E-state index in [1.807, 2.05) is 24.3 Å². The highest BCUT2D eigenvalue weighted by Crippen LogP contribution is 2.25. The van der Waals surface area contributed by atoms with Gasteiger partial charge in [0.1, 0.15) is 12.4 Å². The van der Waals surface area contributed by atoms with Gasteiger partial charge in [0.2, 0.25) is 0 Å². The first-order valence-electron chi connectivity index (χ1n) is 6.84. The van der Waals surface area contributed by atoms with Crippen molar-refractivity contribution in [2.45, 2.75) is 38.7 Å². The average molecular weight is 249 g/mol. The third kappa shape index (κ3) is 3.91. The molecule has 1 aromatic rings. The standard InChI is InChI=1S/C15H23NO2/c1-12-5-4-6-13(11-12)17-9-10-18-15-8-3-2-7-14(15)16/h2-3,7-8,12-13H,4-6,9-11,16H2,1H3. The zero-order chi connectivity index (χ0) is 12.8. The maximum Gasteiger partial charge on any atom is 0.142 e. The molecule has 18 heavy (non-hydrogen) atoms. The molecule has 0 amide bonds. The highest BCUT2D eigenvalue weighted by molar-refractivity contribution is 5.51. The normalized spacial score (nSPS) is 23.8. The number of nitrogens with two attached hydrogens (primary N) is 1. The molecule has 100 valence electrons. The number of para-hydroxylation sites is 2. The molecular formula is C15H23NO2. The van der Waals surface area contributed by atoms with Gasteiger partial charge in [-0.25, -0.2) is 0 Å². The predicted octanol–water partition coefficient (Wildman–Crippen LogP) is 3.24. The third-order valence-electron chi connectivity index (χ3n) is 3.50. The smallest absolute Gasteiger partial charge is 0.142 e. The van der Waals surface area contributed by atoms with Gasteiger partial charge < -0.3 is 15.2 Å². The minimum Gasteiger partial charge on any atom is -0.489 e. The summed E-state index contributed by atoms with van der Waals surface area (Å²) in [7, 11) is 0. The fourth-order valence-electron chi connectivity index (χ4n) is 2.51. The summed E-state index contributed by atoms with van der Waals surface area (Å²) in [5, 5.41) is 0. The van der Waals surface area contributed by atoms with Gasteiger partial charge in [-0.05, 0) is 30.9 Å². The van der Waals surface area contributed by atoms with Crippen LogP contribution in [0.5, 0.6) is 5.75 Å². The molecule has 1 fully saturated rings. The summed E-state index contributed by atoms with van der Waals surface area (Å²) in [6, 6.07) is 7.56.